The SMILES string of the molecule is CC[C@@H](C)[C@@H]1C(=O)N2CCC[C@H]2C(=O)N1O. The van der Waals surface area contributed by atoms with Crippen LogP contribution in [0.1, 0.15) is 33.1 Å². The quantitative estimate of drug-likeness (QED) is 0.702. The van der Waals surface area contributed by atoms with E-state index in [2.05, 4.69) is 0 Å². The van der Waals surface area contributed by atoms with Gasteiger partial charge in [-0.2, -0.15) is 0 Å². The van der Waals surface area contributed by atoms with Gasteiger partial charge in [0, 0.05) is 6.54 Å². The molecule has 0 bridgehead atoms. The molecule has 2 heterocycles. The number of hydrogen-bond donors (Lipinski definition) is 1. The third-order valence-corrected chi connectivity index (χ3v) is 3.75. The molecule has 0 aromatic carbocycles. The van der Waals surface area contributed by atoms with Crippen molar-refractivity contribution in [2.45, 2.75) is 45.2 Å². The first-order valence-corrected chi connectivity index (χ1v) is 5.90. The van der Waals surface area contributed by atoms with E-state index in [1.54, 1.807) is 4.90 Å². The van der Waals surface area contributed by atoms with Gasteiger partial charge in [-0.05, 0) is 18.8 Å². The van der Waals surface area contributed by atoms with Gasteiger partial charge in [-0.3, -0.25) is 14.8 Å². The van der Waals surface area contributed by atoms with Crippen molar-refractivity contribution in [3.05, 3.63) is 0 Å². The fourth-order valence-electron chi connectivity index (χ4n) is 2.56. The number of carbonyl (C=O) groups is 2. The highest BCUT2D eigenvalue weighted by Gasteiger charge is 2.49. The molecule has 0 saturated carbocycles. The van der Waals surface area contributed by atoms with Crippen LogP contribution in [0, 0.1) is 5.92 Å². The van der Waals surface area contributed by atoms with Crippen LogP contribution in [0.5, 0.6) is 0 Å². The molecule has 5 heteroatoms. The van der Waals surface area contributed by atoms with Gasteiger partial charge in [0.15, 0.2) is 0 Å². The summed E-state index contributed by atoms with van der Waals surface area (Å²) in [7, 11) is 0. The van der Waals surface area contributed by atoms with Crippen molar-refractivity contribution in [3.63, 3.8) is 0 Å². The van der Waals surface area contributed by atoms with E-state index in [0.717, 1.165) is 12.8 Å². The Bertz CT molecular complexity index is 318. The molecule has 0 radical (unpaired) electrons. The van der Waals surface area contributed by atoms with Crippen molar-refractivity contribution in [2.75, 3.05) is 6.54 Å². The fraction of sp³-hybridized carbons (Fsp3) is 0.818. The van der Waals surface area contributed by atoms with E-state index < -0.39 is 12.1 Å². The molecule has 1 N–H and O–H groups in total. The van der Waals surface area contributed by atoms with Gasteiger partial charge in [0.25, 0.3) is 5.91 Å². The van der Waals surface area contributed by atoms with Crippen molar-refractivity contribution in [2.24, 2.45) is 5.92 Å². The molecule has 0 unspecified atom stereocenters. The molecule has 5 nitrogen and oxygen atoms in total. The third kappa shape index (κ3) is 1.50. The van der Waals surface area contributed by atoms with Crippen LogP contribution in [0.4, 0.5) is 0 Å². The molecule has 2 aliphatic heterocycles. The zero-order chi connectivity index (χ0) is 11.9. The lowest BCUT2D eigenvalue weighted by molar-refractivity contribution is -0.202. The average Bonchev–Trinajstić information content (AvgIpc) is 2.75. The molecular formula is C11H18N2O3. The molecule has 90 valence electrons. The Balaban J connectivity index is 2.26. The number of nitrogens with zero attached hydrogens (tertiary/aromatic N) is 2. The van der Waals surface area contributed by atoms with E-state index >= 15 is 0 Å². The molecule has 2 amide bonds. The van der Waals surface area contributed by atoms with E-state index in [-0.39, 0.29) is 17.7 Å². The molecule has 2 aliphatic rings. The summed E-state index contributed by atoms with van der Waals surface area (Å²) in [6.07, 6.45) is 2.29. The Morgan fingerprint density at radius 1 is 1.44 bits per heavy atom. The number of hydrogen-bond acceptors (Lipinski definition) is 3. The maximum absolute atomic E-state index is 12.1. The van der Waals surface area contributed by atoms with Crippen molar-refractivity contribution in [3.8, 4) is 0 Å². The maximum Gasteiger partial charge on any atom is 0.269 e. The first kappa shape index (κ1) is 11.4. The smallest absolute Gasteiger partial charge is 0.269 e. The van der Waals surface area contributed by atoms with Gasteiger partial charge in [0.2, 0.25) is 5.91 Å². The van der Waals surface area contributed by atoms with E-state index in [1.165, 1.54) is 0 Å². The lowest BCUT2D eigenvalue weighted by Crippen LogP contribution is -2.63. The van der Waals surface area contributed by atoms with Crippen molar-refractivity contribution in [1.82, 2.24) is 9.96 Å². The second-order valence-electron chi connectivity index (χ2n) is 4.70. The van der Waals surface area contributed by atoms with Crippen molar-refractivity contribution >= 4 is 11.8 Å². The summed E-state index contributed by atoms with van der Waals surface area (Å²) in [6.45, 7) is 4.48. The number of rotatable bonds is 2. The minimum absolute atomic E-state index is 0.0111. The average molecular weight is 226 g/mol. The first-order chi connectivity index (χ1) is 7.57. The number of fused-ring (bicyclic) bond motifs is 1. The van der Waals surface area contributed by atoms with Crippen LogP contribution < -0.4 is 0 Å². The molecular weight excluding hydrogens is 208 g/mol. The Hall–Kier alpha value is -1.10. The Labute approximate surface area is 95.0 Å². The summed E-state index contributed by atoms with van der Waals surface area (Å²) in [5, 5.41) is 10.5. The normalized spacial score (nSPS) is 31.9. The molecule has 2 rings (SSSR count). The highest BCUT2D eigenvalue weighted by molar-refractivity contribution is 5.96. The van der Waals surface area contributed by atoms with Crippen LogP contribution in [0.3, 0.4) is 0 Å². The van der Waals surface area contributed by atoms with Crippen LogP contribution in [-0.4, -0.2) is 45.6 Å². The van der Waals surface area contributed by atoms with Crippen LogP contribution in [-0.2, 0) is 9.59 Å². The minimum Gasteiger partial charge on any atom is -0.329 e. The fourth-order valence-corrected chi connectivity index (χ4v) is 2.56. The van der Waals surface area contributed by atoms with E-state index in [4.69, 9.17) is 0 Å². The summed E-state index contributed by atoms with van der Waals surface area (Å²) in [6, 6.07) is -1.11. The number of hydroxylamine groups is 2. The monoisotopic (exact) mass is 226 g/mol. The first-order valence-electron chi connectivity index (χ1n) is 5.90. The van der Waals surface area contributed by atoms with Crippen LogP contribution in [0.2, 0.25) is 0 Å². The summed E-state index contributed by atoms with van der Waals surface area (Å²) < 4.78 is 0. The predicted molar refractivity (Wildman–Crippen MR) is 56.6 cm³/mol. The van der Waals surface area contributed by atoms with Gasteiger partial charge in [0.1, 0.15) is 12.1 Å². The summed E-state index contributed by atoms with van der Waals surface area (Å²) in [5.74, 6) is -0.427. The van der Waals surface area contributed by atoms with Gasteiger partial charge in [-0.15, -0.1) is 0 Å². The number of piperazine rings is 1. The van der Waals surface area contributed by atoms with E-state index in [1.807, 2.05) is 13.8 Å². The molecule has 0 aromatic heterocycles. The lowest BCUT2D eigenvalue weighted by atomic mass is 9.94. The second-order valence-corrected chi connectivity index (χ2v) is 4.70. The lowest BCUT2D eigenvalue weighted by Gasteiger charge is -2.40. The Morgan fingerprint density at radius 2 is 2.12 bits per heavy atom. The molecule has 2 fully saturated rings. The molecule has 2 saturated heterocycles. The van der Waals surface area contributed by atoms with Crippen molar-refractivity contribution in [1.29, 1.82) is 0 Å². The zero-order valence-electron chi connectivity index (χ0n) is 9.72. The Morgan fingerprint density at radius 3 is 2.75 bits per heavy atom. The van der Waals surface area contributed by atoms with Gasteiger partial charge in [-0.1, -0.05) is 20.3 Å². The topological polar surface area (TPSA) is 60.9 Å². The van der Waals surface area contributed by atoms with E-state index in [9.17, 15) is 14.8 Å². The van der Waals surface area contributed by atoms with Crippen molar-refractivity contribution < 1.29 is 14.8 Å². The largest absolute Gasteiger partial charge is 0.329 e. The number of carbonyl (C=O) groups excluding carboxylic acids is 2. The summed E-state index contributed by atoms with van der Waals surface area (Å²) in [4.78, 5) is 25.6. The molecule has 16 heavy (non-hydrogen) atoms. The zero-order valence-corrected chi connectivity index (χ0v) is 9.72. The van der Waals surface area contributed by atoms with E-state index in [0.29, 0.717) is 18.0 Å². The summed E-state index contributed by atoms with van der Waals surface area (Å²) >= 11 is 0. The van der Waals surface area contributed by atoms with Crippen LogP contribution >= 0.6 is 0 Å². The second kappa shape index (κ2) is 4.05. The minimum atomic E-state index is -0.688. The molecule has 0 aliphatic carbocycles. The predicted octanol–water partition coefficient (Wildman–Crippen LogP) is 0.623. The Kier molecular flexibility index (Phi) is 2.88. The molecule has 0 aromatic rings. The highest BCUT2D eigenvalue weighted by Crippen LogP contribution is 2.29. The van der Waals surface area contributed by atoms with Crippen LogP contribution in [0.15, 0.2) is 0 Å². The number of amides is 2. The molecule has 3 atom stereocenters. The third-order valence-electron chi connectivity index (χ3n) is 3.75. The highest BCUT2D eigenvalue weighted by atomic mass is 16.5. The van der Waals surface area contributed by atoms with Gasteiger partial charge >= 0.3 is 0 Å². The standard InChI is InChI=1S/C11H18N2O3/c1-3-7(2)9-11(15)12-6-4-5-8(12)10(14)13(9)16/h7-9,16H,3-6H2,1-2H3/t7-,8+,9-/m1/s1. The summed E-state index contributed by atoms with van der Waals surface area (Å²) in [5.41, 5.74) is 0. The maximum atomic E-state index is 12.1. The van der Waals surface area contributed by atoms with Gasteiger partial charge in [-0.25, -0.2) is 5.06 Å². The van der Waals surface area contributed by atoms with Crippen LogP contribution in [0.25, 0.3) is 0 Å². The van der Waals surface area contributed by atoms with Gasteiger partial charge in [0.05, 0.1) is 0 Å². The molecule has 0 spiro atoms. The van der Waals surface area contributed by atoms with Gasteiger partial charge < -0.3 is 4.90 Å².